The van der Waals surface area contributed by atoms with Crippen molar-refractivity contribution in [1.29, 1.82) is 0 Å². The predicted octanol–water partition coefficient (Wildman–Crippen LogP) is 3.21. The summed E-state index contributed by atoms with van der Waals surface area (Å²) in [5.74, 6) is -0.0952. The highest BCUT2D eigenvalue weighted by Crippen LogP contribution is 2.47. The molecule has 1 aliphatic rings. The second kappa shape index (κ2) is 6.47. The minimum atomic E-state index is -0.253. The number of hydrogen-bond donors (Lipinski definition) is 1. The first-order valence-electron chi connectivity index (χ1n) is 8.17. The Bertz CT molecular complexity index is 859. The van der Waals surface area contributed by atoms with Crippen LogP contribution in [0.25, 0.3) is 0 Å². The molecule has 1 fully saturated rings. The average molecular weight is 336 g/mol. The van der Waals surface area contributed by atoms with Crippen LogP contribution in [0.2, 0.25) is 0 Å². The van der Waals surface area contributed by atoms with Gasteiger partial charge < -0.3 is 5.32 Å². The maximum Gasteiger partial charge on any atom is 0.228 e. The van der Waals surface area contributed by atoms with Crippen molar-refractivity contribution >= 4 is 11.6 Å². The van der Waals surface area contributed by atoms with E-state index in [1.165, 1.54) is 18.5 Å². The highest BCUT2D eigenvalue weighted by Gasteiger charge is 2.43. The Morgan fingerprint density at radius 1 is 1.16 bits per heavy atom. The molecule has 126 valence electrons. The van der Waals surface area contributed by atoms with E-state index in [-0.39, 0.29) is 23.6 Å². The van der Waals surface area contributed by atoms with E-state index in [0.717, 1.165) is 23.2 Å². The summed E-state index contributed by atoms with van der Waals surface area (Å²) < 4.78 is 14.7. The molecule has 5 nitrogen and oxygen atoms in total. The average Bonchev–Trinajstić information content (AvgIpc) is 3.26. The molecule has 0 bridgehead atoms. The molecule has 6 heteroatoms. The van der Waals surface area contributed by atoms with Crippen LogP contribution in [-0.2, 0) is 11.3 Å². The van der Waals surface area contributed by atoms with E-state index in [9.17, 15) is 9.18 Å². The highest BCUT2D eigenvalue weighted by molar-refractivity contribution is 5.95. The van der Waals surface area contributed by atoms with Crippen molar-refractivity contribution in [2.75, 3.05) is 5.32 Å². The van der Waals surface area contributed by atoms with Gasteiger partial charge in [-0.25, -0.2) is 14.1 Å². The van der Waals surface area contributed by atoms with Crippen LogP contribution in [0.15, 0.2) is 61.2 Å². The Hall–Kier alpha value is -3.02. The molecular weight excluding hydrogens is 319 g/mol. The molecule has 0 radical (unpaired) electrons. The minimum absolute atomic E-state index is 0.0124. The van der Waals surface area contributed by atoms with Crippen LogP contribution in [-0.4, -0.2) is 20.7 Å². The lowest BCUT2D eigenvalue weighted by atomic mass is 10.1. The summed E-state index contributed by atoms with van der Waals surface area (Å²) in [7, 11) is 0. The number of amides is 1. The number of aromatic nitrogens is 3. The Kier molecular flexibility index (Phi) is 4.01. The van der Waals surface area contributed by atoms with Crippen molar-refractivity contribution in [2.45, 2.75) is 18.9 Å². The number of halogens is 1. The van der Waals surface area contributed by atoms with Crippen molar-refractivity contribution in [3.05, 3.63) is 78.1 Å². The molecular formula is C19H17FN4O. The van der Waals surface area contributed by atoms with Crippen LogP contribution in [0.1, 0.15) is 23.5 Å². The second-order valence-electron chi connectivity index (χ2n) is 6.28. The quantitative estimate of drug-likeness (QED) is 0.778. The molecule has 0 spiro atoms. The van der Waals surface area contributed by atoms with Crippen LogP contribution in [0.4, 0.5) is 10.1 Å². The Morgan fingerprint density at radius 3 is 2.60 bits per heavy atom. The van der Waals surface area contributed by atoms with Gasteiger partial charge in [0.1, 0.15) is 18.5 Å². The maximum absolute atomic E-state index is 13.0. The lowest BCUT2D eigenvalue weighted by molar-refractivity contribution is -0.117. The normalized spacial score (nSPS) is 18.8. The Morgan fingerprint density at radius 2 is 1.92 bits per heavy atom. The molecule has 25 heavy (non-hydrogen) atoms. The molecule has 1 heterocycles. The molecule has 0 saturated heterocycles. The van der Waals surface area contributed by atoms with Gasteiger partial charge in [-0.2, -0.15) is 5.10 Å². The molecule has 4 rings (SSSR count). The van der Waals surface area contributed by atoms with Crippen molar-refractivity contribution in [3.8, 4) is 0 Å². The third-order valence-corrected chi connectivity index (χ3v) is 4.46. The summed E-state index contributed by atoms with van der Waals surface area (Å²) >= 11 is 0. The first-order valence-corrected chi connectivity index (χ1v) is 8.17. The fourth-order valence-electron chi connectivity index (χ4n) is 2.99. The van der Waals surface area contributed by atoms with Crippen molar-refractivity contribution in [1.82, 2.24) is 14.8 Å². The van der Waals surface area contributed by atoms with E-state index in [4.69, 9.17) is 0 Å². The van der Waals surface area contributed by atoms with Crippen LogP contribution < -0.4 is 5.32 Å². The number of nitrogens with one attached hydrogen (secondary N) is 1. The van der Waals surface area contributed by atoms with Crippen molar-refractivity contribution < 1.29 is 9.18 Å². The number of nitrogens with zero attached hydrogens (tertiary/aromatic N) is 3. The Labute approximate surface area is 144 Å². The summed E-state index contributed by atoms with van der Waals surface area (Å²) in [5.41, 5.74) is 2.88. The monoisotopic (exact) mass is 336 g/mol. The lowest BCUT2D eigenvalue weighted by Gasteiger charge is -2.07. The fraction of sp³-hybridized carbons (Fsp3) is 0.211. The number of carbonyl (C=O) groups excluding carboxylic acids is 1. The van der Waals surface area contributed by atoms with E-state index in [1.807, 2.05) is 24.3 Å². The van der Waals surface area contributed by atoms with Gasteiger partial charge in [-0.05, 0) is 47.7 Å². The molecule has 0 aliphatic heterocycles. The SMILES string of the molecule is O=C(Nc1ccc(Cn2cncn2)cc1)C1CC1c1ccc(F)cc1. The molecule has 1 amide bonds. The summed E-state index contributed by atoms with van der Waals surface area (Å²) in [5, 5.41) is 7.02. The zero-order valence-electron chi connectivity index (χ0n) is 13.5. The van der Waals surface area contributed by atoms with Gasteiger partial charge in [0.25, 0.3) is 0 Å². The highest BCUT2D eigenvalue weighted by atomic mass is 19.1. The van der Waals surface area contributed by atoms with Crippen LogP contribution in [0.3, 0.4) is 0 Å². The molecule has 3 aromatic rings. The van der Waals surface area contributed by atoms with E-state index in [2.05, 4.69) is 15.4 Å². The van der Waals surface area contributed by atoms with Gasteiger partial charge in [-0.3, -0.25) is 4.79 Å². The number of benzene rings is 2. The molecule has 2 unspecified atom stereocenters. The van der Waals surface area contributed by atoms with Gasteiger partial charge in [0.15, 0.2) is 0 Å². The van der Waals surface area contributed by atoms with Crippen molar-refractivity contribution in [2.24, 2.45) is 5.92 Å². The van der Waals surface area contributed by atoms with Gasteiger partial charge in [0, 0.05) is 11.6 Å². The third kappa shape index (κ3) is 3.57. The van der Waals surface area contributed by atoms with Gasteiger partial charge in [-0.1, -0.05) is 24.3 Å². The van der Waals surface area contributed by atoms with Gasteiger partial charge in [0.05, 0.1) is 6.54 Å². The first-order chi connectivity index (χ1) is 12.2. The molecule has 2 atom stereocenters. The van der Waals surface area contributed by atoms with Crippen molar-refractivity contribution in [3.63, 3.8) is 0 Å². The summed E-state index contributed by atoms with van der Waals surface area (Å²) in [6, 6.07) is 14.1. The fourth-order valence-corrected chi connectivity index (χ4v) is 2.99. The number of hydrogen-bond acceptors (Lipinski definition) is 3. The molecule has 1 saturated carbocycles. The van der Waals surface area contributed by atoms with E-state index in [0.29, 0.717) is 6.54 Å². The number of carbonyl (C=O) groups is 1. The van der Waals surface area contributed by atoms with Crippen LogP contribution in [0.5, 0.6) is 0 Å². The molecule has 1 aliphatic carbocycles. The first kappa shape index (κ1) is 15.5. The zero-order chi connectivity index (χ0) is 17.2. The van der Waals surface area contributed by atoms with Gasteiger partial charge >= 0.3 is 0 Å². The zero-order valence-corrected chi connectivity index (χ0v) is 13.5. The topological polar surface area (TPSA) is 59.8 Å². The molecule has 2 aromatic carbocycles. The van der Waals surface area contributed by atoms with Gasteiger partial charge in [0.2, 0.25) is 5.91 Å². The van der Waals surface area contributed by atoms with Gasteiger partial charge in [-0.15, -0.1) is 0 Å². The number of anilines is 1. The van der Waals surface area contributed by atoms with E-state index >= 15 is 0 Å². The van der Waals surface area contributed by atoms with Crippen LogP contribution >= 0.6 is 0 Å². The summed E-state index contributed by atoms with van der Waals surface area (Å²) in [4.78, 5) is 16.3. The smallest absolute Gasteiger partial charge is 0.228 e. The Balaban J connectivity index is 1.34. The van der Waals surface area contributed by atoms with E-state index in [1.54, 1.807) is 23.1 Å². The molecule has 1 N–H and O–H groups in total. The number of rotatable bonds is 5. The lowest BCUT2D eigenvalue weighted by Crippen LogP contribution is -2.14. The summed E-state index contributed by atoms with van der Waals surface area (Å²) in [6.07, 6.45) is 3.97. The predicted molar refractivity (Wildman–Crippen MR) is 91.4 cm³/mol. The second-order valence-corrected chi connectivity index (χ2v) is 6.28. The maximum atomic E-state index is 13.0. The van der Waals surface area contributed by atoms with Crippen LogP contribution in [0, 0.1) is 11.7 Å². The molecule has 1 aromatic heterocycles. The summed E-state index contributed by atoms with van der Waals surface area (Å²) in [6.45, 7) is 0.642. The minimum Gasteiger partial charge on any atom is -0.326 e. The largest absolute Gasteiger partial charge is 0.326 e. The standard InChI is InChI=1S/C19H17FN4O/c20-15-5-3-14(4-6-15)17-9-18(17)19(25)23-16-7-1-13(2-8-16)10-24-12-21-11-22-24/h1-8,11-12,17-18H,9-10H2,(H,23,25). The third-order valence-electron chi connectivity index (χ3n) is 4.46. The van der Waals surface area contributed by atoms with E-state index < -0.39 is 0 Å².